The third-order valence-corrected chi connectivity index (χ3v) is 5.23. The summed E-state index contributed by atoms with van der Waals surface area (Å²) in [5.74, 6) is -3.80. The Kier molecular flexibility index (Phi) is 10.9. The standard InChI is InChI=1S/C18H19BrN4O.2C2HF3O2/c19-14-11-16-18(20-12-14)22-17(21-16)13-3-5-15(6-4-13)24-10-9-23-7-1-2-8-23;2*3-2(4,5)1(6)7/h3-6,11-12H,1-2,7-10H2,(H,20,21,22);2*(H,6,7). The molecule has 9 nitrogen and oxygen atoms in total. The van der Waals surface area contributed by atoms with Gasteiger partial charge in [-0.2, -0.15) is 26.3 Å². The molecule has 3 N–H and O–H groups in total. The number of ether oxygens (including phenoxy) is 1. The summed E-state index contributed by atoms with van der Waals surface area (Å²) in [4.78, 5) is 32.4. The van der Waals surface area contributed by atoms with Gasteiger partial charge in [0.25, 0.3) is 0 Å². The molecule has 3 heterocycles. The SMILES string of the molecule is Brc1cnc2nc(-c3ccc(OCCN4CCCC4)cc3)[nH]c2c1.O=C(O)C(F)(F)F.O=C(O)C(F)(F)F. The first-order chi connectivity index (χ1) is 17.7. The number of imidazole rings is 1. The van der Waals surface area contributed by atoms with Crippen LogP contribution < -0.4 is 4.74 Å². The quantitative estimate of drug-likeness (QED) is 0.338. The van der Waals surface area contributed by atoms with Crippen molar-refractivity contribution in [3.8, 4) is 17.1 Å². The third-order valence-electron chi connectivity index (χ3n) is 4.79. The van der Waals surface area contributed by atoms with Gasteiger partial charge in [0.05, 0.1) is 5.52 Å². The number of carbonyl (C=O) groups is 2. The van der Waals surface area contributed by atoms with Crippen molar-refractivity contribution in [1.29, 1.82) is 0 Å². The molecule has 0 atom stereocenters. The van der Waals surface area contributed by atoms with Crippen molar-refractivity contribution in [1.82, 2.24) is 19.9 Å². The number of carboxylic acids is 2. The van der Waals surface area contributed by atoms with E-state index in [1.807, 2.05) is 30.3 Å². The molecule has 0 aliphatic carbocycles. The Bertz CT molecular complexity index is 1190. The van der Waals surface area contributed by atoms with Crippen molar-refractivity contribution < 1.29 is 50.9 Å². The molecular weight excluding hydrogens is 594 g/mol. The second-order valence-corrected chi connectivity index (χ2v) is 8.55. The number of aliphatic carboxylic acids is 2. The first-order valence-corrected chi connectivity index (χ1v) is 11.5. The number of aromatic amines is 1. The molecule has 1 saturated heterocycles. The Balaban J connectivity index is 0.000000301. The number of fused-ring (bicyclic) bond motifs is 1. The molecule has 0 amide bonds. The van der Waals surface area contributed by atoms with Crippen molar-refractivity contribution in [3.05, 3.63) is 41.0 Å². The number of nitrogens with zero attached hydrogens (tertiary/aromatic N) is 3. The highest BCUT2D eigenvalue weighted by Gasteiger charge is 2.38. The van der Waals surface area contributed by atoms with Crippen LogP contribution in [-0.2, 0) is 9.59 Å². The van der Waals surface area contributed by atoms with E-state index in [2.05, 4.69) is 35.8 Å². The smallest absolute Gasteiger partial charge is 0.490 e. The fraction of sp³-hybridized carbons (Fsp3) is 0.364. The average molecular weight is 615 g/mol. The topological polar surface area (TPSA) is 129 Å². The number of halogens is 7. The molecule has 1 fully saturated rings. The van der Waals surface area contributed by atoms with E-state index in [4.69, 9.17) is 24.5 Å². The van der Waals surface area contributed by atoms with Crippen molar-refractivity contribution in [3.63, 3.8) is 0 Å². The molecule has 0 radical (unpaired) electrons. The molecule has 0 bridgehead atoms. The lowest BCUT2D eigenvalue weighted by atomic mass is 10.2. The van der Waals surface area contributed by atoms with E-state index in [1.54, 1.807) is 6.20 Å². The predicted octanol–water partition coefficient (Wildman–Crippen LogP) is 5.13. The van der Waals surface area contributed by atoms with Crippen molar-refractivity contribution >= 4 is 39.0 Å². The van der Waals surface area contributed by atoms with Gasteiger partial charge in [-0.1, -0.05) is 0 Å². The molecule has 1 aliphatic rings. The number of hydrogen-bond acceptors (Lipinski definition) is 6. The summed E-state index contributed by atoms with van der Waals surface area (Å²) in [6, 6.07) is 10.0. The Labute approximate surface area is 219 Å². The number of aromatic nitrogens is 3. The summed E-state index contributed by atoms with van der Waals surface area (Å²) in [5.41, 5.74) is 2.67. The zero-order chi connectivity index (χ0) is 28.5. The Hall–Kier alpha value is -3.40. The Morgan fingerprint density at radius 2 is 1.53 bits per heavy atom. The van der Waals surface area contributed by atoms with Crippen molar-refractivity contribution in [2.24, 2.45) is 0 Å². The largest absolute Gasteiger partial charge is 0.492 e. The fourth-order valence-corrected chi connectivity index (χ4v) is 3.35. The van der Waals surface area contributed by atoms with E-state index in [0.29, 0.717) is 0 Å². The maximum Gasteiger partial charge on any atom is 0.490 e. The van der Waals surface area contributed by atoms with Gasteiger partial charge in [-0.25, -0.2) is 19.6 Å². The number of H-pyrrole nitrogens is 1. The van der Waals surface area contributed by atoms with Gasteiger partial charge in [0.15, 0.2) is 5.65 Å². The molecule has 38 heavy (non-hydrogen) atoms. The highest BCUT2D eigenvalue weighted by molar-refractivity contribution is 9.10. The maximum absolute atomic E-state index is 10.6. The van der Waals surface area contributed by atoms with Crippen LogP contribution >= 0.6 is 15.9 Å². The van der Waals surface area contributed by atoms with Gasteiger partial charge in [0, 0.05) is 22.8 Å². The molecule has 1 aliphatic heterocycles. The Morgan fingerprint density at radius 1 is 1.00 bits per heavy atom. The molecule has 0 saturated carbocycles. The zero-order valence-electron chi connectivity index (χ0n) is 19.3. The molecular formula is C22H21BrF6N4O5. The third kappa shape index (κ3) is 10.2. The summed E-state index contributed by atoms with van der Waals surface area (Å²) in [7, 11) is 0. The van der Waals surface area contributed by atoms with Crippen LogP contribution in [0.1, 0.15) is 12.8 Å². The molecule has 208 valence electrons. The van der Waals surface area contributed by atoms with Crippen LogP contribution in [0.3, 0.4) is 0 Å². The minimum Gasteiger partial charge on any atom is -0.492 e. The number of carboxylic acid groups (broad SMARTS) is 2. The highest BCUT2D eigenvalue weighted by Crippen LogP contribution is 2.23. The van der Waals surface area contributed by atoms with Crippen LogP contribution in [0.2, 0.25) is 0 Å². The molecule has 1 aromatic carbocycles. The van der Waals surface area contributed by atoms with E-state index in [-0.39, 0.29) is 0 Å². The molecule has 16 heteroatoms. The van der Waals surface area contributed by atoms with Crippen LogP contribution in [0.5, 0.6) is 5.75 Å². The van der Waals surface area contributed by atoms with Crippen LogP contribution in [0, 0.1) is 0 Å². The number of likely N-dealkylation sites (tertiary alicyclic amines) is 1. The van der Waals surface area contributed by atoms with Crippen molar-refractivity contribution in [2.45, 2.75) is 25.2 Å². The van der Waals surface area contributed by atoms with E-state index in [9.17, 15) is 26.3 Å². The van der Waals surface area contributed by atoms with Gasteiger partial charge in [-0.15, -0.1) is 0 Å². The number of benzene rings is 1. The van der Waals surface area contributed by atoms with E-state index >= 15 is 0 Å². The highest BCUT2D eigenvalue weighted by atomic mass is 79.9. The van der Waals surface area contributed by atoms with Gasteiger partial charge in [-0.05, 0) is 72.2 Å². The lowest BCUT2D eigenvalue weighted by molar-refractivity contribution is -0.193. The number of nitrogens with one attached hydrogen (secondary N) is 1. The van der Waals surface area contributed by atoms with Gasteiger partial charge in [-0.3, -0.25) is 4.90 Å². The Morgan fingerprint density at radius 3 is 2.03 bits per heavy atom. The molecule has 3 aromatic rings. The molecule has 4 rings (SSSR count). The molecule has 0 spiro atoms. The first kappa shape index (κ1) is 30.8. The van der Waals surface area contributed by atoms with Gasteiger partial charge < -0.3 is 19.9 Å². The second kappa shape index (κ2) is 13.4. The normalized spacial score (nSPS) is 13.8. The van der Waals surface area contributed by atoms with Crippen LogP contribution in [0.25, 0.3) is 22.6 Å². The average Bonchev–Trinajstić information content (AvgIpc) is 3.49. The van der Waals surface area contributed by atoms with Gasteiger partial charge in [0.1, 0.15) is 18.2 Å². The first-order valence-electron chi connectivity index (χ1n) is 10.7. The molecule has 0 unspecified atom stereocenters. The number of rotatable bonds is 5. The fourth-order valence-electron chi connectivity index (χ4n) is 3.02. The zero-order valence-corrected chi connectivity index (χ0v) is 20.9. The second-order valence-electron chi connectivity index (χ2n) is 7.64. The van der Waals surface area contributed by atoms with Gasteiger partial charge in [0.2, 0.25) is 0 Å². The number of alkyl halides is 6. The minimum absolute atomic E-state index is 0.721. The number of hydrogen-bond donors (Lipinski definition) is 3. The van der Waals surface area contributed by atoms with E-state index in [0.717, 1.165) is 45.9 Å². The van der Waals surface area contributed by atoms with Crippen LogP contribution in [-0.4, -0.2) is 80.6 Å². The summed E-state index contributed by atoms with van der Waals surface area (Å²) in [6.07, 6.45) is -5.78. The van der Waals surface area contributed by atoms with E-state index < -0.39 is 24.3 Å². The monoisotopic (exact) mass is 614 g/mol. The van der Waals surface area contributed by atoms with Gasteiger partial charge >= 0.3 is 24.3 Å². The summed E-state index contributed by atoms with van der Waals surface area (Å²) >= 11 is 3.43. The number of pyridine rings is 1. The predicted molar refractivity (Wildman–Crippen MR) is 126 cm³/mol. The van der Waals surface area contributed by atoms with Crippen LogP contribution in [0.15, 0.2) is 41.0 Å². The minimum atomic E-state index is -5.08. The molecule has 2 aromatic heterocycles. The lowest BCUT2D eigenvalue weighted by Crippen LogP contribution is -2.25. The van der Waals surface area contributed by atoms with E-state index in [1.165, 1.54) is 25.9 Å². The summed E-state index contributed by atoms with van der Waals surface area (Å²) in [5, 5.41) is 14.2. The van der Waals surface area contributed by atoms with Crippen LogP contribution in [0.4, 0.5) is 26.3 Å². The van der Waals surface area contributed by atoms with Crippen molar-refractivity contribution in [2.75, 3.05) is 26.2 Å². The summed E-state index contributed by atoms with van der Waals surface area (Å²) in [6.45, 7) is 4.16. The lowest BCUT2D eigenvalue weighted by Gasteiger charge is -2.14. The maximum atomic E-state index is 10.6. The summed E-state index contributed by atoms with van der Waals surface area (Å²) < 4.78 is 70.3.